The highest BCUT2D eigenvalue weighted by molar-refractivity contribution is 7.09. The van der Waals surface area contributed by atoms with Crippen molar-refractivity contribution < 1.29 is 33.4 Å². The lowest BCUT2D eigenvalue weighted by atomic mass is 9.89. The molecule has 63 heavy (non-hydrogen) atoms. The number of nitrogens with one attached hydrogen (secondary N) is 3. The molecule has 0 saturated carbocycles. The number of benzene rings is 1. The second-order valence-electron chi connectivity index (χ2n) is 18.5. The van der Waals surface area contributed by atoms with Crippen LogP contribution >= 0.6 is 11.3 Å². The minimum absolute atomic E-state index is 0.00385. The van der Waals surface area contributed by atoms with Gasteiger partial charge in [-0.15, -0.1) is 11.3 Å². The topological polar surface area (TPSA) is 163 Å². The summed E-state index contributed by atoms with van der Waals surface area (Å²) in [6.45, 7) is 18.1. The lowest BCUT2D eigenvalue weighted by molar-refractivity contribution is -0.149. The number of amides is 5. The molecule has 1 aromatic heterocycles. The van der Waals surface area contributed by atoms with E-state index in [4.69, 9.17) is 9.47 Å². The fourth-order valence-corrected chi connectivity index (χ4v) is 9.85. The minimum atomic E-state index is -0.899. The van der Waals surface area contributed by atoms with Crippen molar-refractivity contribution in [1.82, 2.24) is 35.6 Å². The highest BCUT2D eigenvalue weighted by Gasteiger charge is 2.44. The molecular weight excluding hydrogens is 819 g/mol. The molecular formula is C48H79N7O7S. The summed E-state index contributed by atoms with van der Waals surface area (Å²) in [5, 5.41) is 12.1. The Labute approximate surface area is 382 Å². The monoisotopic (exact) mass is 898 g/mol. The number of hydrogen-bond donors (Lipinski definition) is 3. The zero-order valence-corrected chi connectivity index (χ0v) is 41.4. The normalized spacial score (nSPS) is 18.6. The van der Waals surface area contributed by atoms with E-state index >= 15 is 0 Å². The van der Waals surface area contributed by atoms with Crippen LogP contribution in [0.2, 0.25) is 0 Å². The zero-order valence-electron chi connectivity index (χ0n) is 40.6. The van der Waals surface area contributed by atoms with Crippen molar-refractivity contribution in [3.8, 4) is 0 Å². The summed E-state index contributed by atoms with van der Waals surface area (Å²) >= 11 is 1.50. The third-order valence-electron chi connectivity index (χ3n) is 12.9. The van der Waals surface area contributed by atoms with Crippen molar-refractivity contribution >= 4 is 40.9 Å². The van der Waals surface area contributed by atoms with Crippen LogP contribution in [0.25, 0.3) is 0 Å². The number of carbonyl (C=O) groups excluding carboxylic acids is 5. The van der Waals surface area contributed by atoms with Gasteiger partial charge >= 0.3 is 0 Å². The molecule has 1 aromatic carbocycles. The third kappa shape index (κ3) is 14.3. The van der Waals surface area contributed by atoms with E-state index in [-0.39, 0.29) is 65.8 Å². The average molecular weight is 898 g/mol. The molecule has 14 nitrogen and oxygen atoms in total. The van der Waals surface area contributed by atoms with Crippen molar-refractivity contribution in [2.45, 2.75) is 149 Å². The largest absolute Gasteiger partial charge is 0.379 e. The van der Waals surface area contributed by atoms with Crippen molar-refractivity contribution in [2.24, 2.45) is 29.6 Å². The van der Waals surface area contributed by atoms with Crippen LogP contribution in [0.5, 0.6) is 0 Å². The summed E-state index contributed by atoms with van der Waals surface area (Å²) in [7, 11) is 8.26. The second-order valence-corrected chi connectivity index (χ2v) is 19.5. The Morgan fingerprint density at radius 3 is 2.08 bits per heavy atom. The Kier molecular flexibility index (Phi) is 21.7. The van der Waals surface area contributed by atoms with Crippen LogP contribution in [0.4, 0.5) is 0 Å². The molecule has 5 amide bonds. The van der Waals surface area contributed by atoms with Gasteiger partial charge in [0, 0.05) is 46.4 Å². The van der Waals surface area contributed by atoms with E-state index in [1.54, 1.807) is 46.5 Å². The number of rotatable bonds is 25. The number of likely N-dealkylation sites (N-methyl/N-ethyl adjacent to an activating group) is 3. The molecule has 3 N–H and O–H groups in total. The molecule has 1 fully saturated rings. The molecule has 15 heteroatoms. The van der Waals surface area contributed by atoms with Crippen LogP contribution in [0.1, 0.15) is 111 Å². The summed E-state index contributed by atoms with van der Waals surface area (Å²) in [4.78, 5) is 80.2. The van der Waals surface area contributed by atoms with Gasteiger partial charge in [-0.1, -0.05) is 99.1 Å². The first kappa shape index (κ1) is 53.4. The molecule has 0 bridgehead atoms. The van der Waals surface area contributed by atoms with Gasteiger partial charge in [0.05, 0.1) is 48.7 Å². The number of thiazole rings is 1. The smallest absolute Gasteiger partial charge is 0.245 e. The maximum absolute atomic E-state index is 14.6. The number of nitrogens with zero attached hydrogens (tertiary/aromatic N) is 4. The van der Waals surface area contributed by atoms with Gasteiger partial charge in [0.15, 0.2) is 0 Å². The van der Waals surface area contributed by atoms with E-state index in [1.165, 1.54) is 16.2 Å². The summed E-state index contributed by atoms with van der Waals surface area (Å²) in [5.74, 6) is -2.09. The standard InChI is InChI=1S/C48H79N7O7S/c1-15-32(8)42(54(12)48(60)40(30(4)5)52-45(58)41(31(6)7)53(11)47(59)36(49-10)26-29(2)3)38(61-13)28-39(56)55-24-19-22-37(55)43(62-14)33(9)44(57)51-35(46-50-23-25-63-46)27-34-20-17-16-18-21-34/h16-18,20-21,23,25,29-33,35-38,40-43,49H,15,19,22,24,26-28H2,1-14H3,(H,51,57)(H,52,58)/t32-,33+,35-,36-,37-,38+,40-,41?,42?,43+/m0/s1. The van der Waals surface area contributed by atoms with E-state index < -0.39 is 48.2 Å². The van der Waals surface area contributed by atoms with Crippen LogP contribution in [0.3, 0.4) is 0 Å². The SMILES string of the molecule is CC[C@H](C)C([C@@H](CC(=O)N1CCC[C@H]1[C@H](OC)[C@@H](C)C(=O)N[C@@H](Cc1ccccc1)c1nccs1)OC)N(C)C(=O)[C@@H](NC(=O)C(C(C)C)N(C)C(=O)[C@H](CC(C)C)NC)C(C)C. The molecule has 2 heterocycles. The number of hydrogen-bond acceptors (Lipinski definition) is 10. The van der Waals surface area contributed by atoms with Crippen LogP contribution in [-0.4, -0.2) is 134 Å². The molecule has 1 aliphatic heterocycles. The molecule has 1 saturated heterocycles. The van der Waals surface area contributed by atoms with Gasteiger partial charge in [-0.2, -0.15) is 0 Å². The van der Waals surface area contributed by atoms with Gasteiger partial charge in [0.25, 0.3) is 0 Å². The van der Waals surface area contributed by atoms with Gasteiger partial charge in [0.2, 0.25) is 29.5 Å². The Morgan fingerprint density at radius 2 is 1.56 bits per heavy atom. The first-order valence-electron chi connectivity index (χ1n) is 22.9. The van der Waals surface area contributed by atoms with E-state index in [9.17, 15) is 24.0 Å². The van der Waals surface area contributed by atoms with E-state index in [2.05, 4.69) is 20.9 Å². The summed E-state index contributed by atoms with van der Waals surface area (Å²) < 4.78 is 12.2. The van der Waals surface area contributed by atoms with Crippen molar-refractivity contribution in [1.29, 1.82) is 0 Å². The van der Waals surface area contributed by atoms with E-state index in [1.807, 2.05) is 103 Å². The predicted molar refractivity (Wildman–Crippen MR) is 250 cm³/mol. The van der Waals surface area contributed by atoms with Gasteiger partial charge in [0.1, 0.15) is 17.1 Å². The highest BCUT2D eigenvalue weighted by Crippen LogP contribution is 2.31. The first-order valence-corrected chi connectivity index (χ1v) is 23.8. The van der Waals surface area contributed by atoms with Gasteiger partial charge < -0.3 is 40.1 Å². The number of carbonyl (C=O) groups is 5. The van der Waals surface area contributed by atoms with E-state index in [0.29, 0.717) is 32.2 Å². The fourth-order valence-electron chi connectivity index (χ4n) is 9.16. The first-order chi connectivity index (χ1) is 29.8. The summed E-state index contributed by atoms with van der Waals surface area (Å²) in [5.41, 5.74) is 1.08. The van der Waals surface area contributed by atoms with Crippen LogP contribution in [-0.2, 0) is 39.9 Å². The molecule has 2 unspecified atom stereocenters. The van der Waals surface area contributed by atoms with Crippen molar-refractivity contribution in [2.75, 3.05) is 41.9 Å². The molecule has 10 atom stereocenters. The maximum atomic E-state index is 14.6. The zero-order chi connectivity index (χ0) is 47.1. The average Bonchev–Trinajstić information content (AvgIpc) is 3.98. The number of likely N-dealkylation sites (tertiary alicyclic amines) is 1. The molecule has 3 rings (SSSR count). The van der Waals surface area contributed by atoms with E-state index in [0.717, 1.165) is 17.0 Å². The van der Waals surface area contributed by atoms with Gasteiger partial charge in [-0.25, -0.2) is 4.98 Å². The third-order valence-corrected chi connectivity index (χ3v) is 13.7. The molecule has 0 aliphatic carbocycles. The molecule has 2 aromatic rings. The fraction of sp³-hybridized carbons (Fsp3) is 0.708. The number of ether oxygens (including phenoxy) is 2. The van der Waals surface area contributed by atoms with Crippen LogP contribution < -0.4 is 16.0 Å². The highest BCUT2D eigenvalue weighted by atomic mass is 32.1. The molecule has 0 radical (unpaired) electrons. The quantitative estimate of drug-likeness (QED) is 0.113. The second kappa shape index (κ2) is 25.5. The number of methoxy groups -OCH3 is 2. The molecule has 1 aliphatic rings. The lowest BCUT2D eigenvalue weighted by Crippen LogP contribution is -2.61. The molecule has 0 spiro atoms. The Bertz CT molecular complexity index is 1730. The summed E-state index contributed by atoms with van der Waals surface area (Å²) in [6, 6.07) is 6.66. The maximum Gasteiger partial charge on any atom is 0.245 e. The molecule has 354 valence electrons. The van der Waals surface area contributed by atoms with Gasteiger partial charge in [-0.05, 0) is 62.0 Å². The van der Waals surface area contributed by atoms with Crippen molar-refractivity contribution in [3.63, 3.8) is 0 Å². The van der Waals surface area contributed by atoms with Crippen LogP contribution in [0.15, 0.2) is 41.9 Å². The Balaban J connectivity index is 1.81. The lowest BCUT2D eigenvalue weighted by Gasteiger charge is -2.41. The Hall–Kier alpha value is -3.92. The summed E-state index contributed by atoms with van der Waals surface area (Å²) in [6.07, 6.45) is 3.85. The predicted octanol–water partition coefficient (Wildman–Crippen LogP) is 5.72. The minimum Gasteiger partial charge on any atom is -0.379 e. The Morgan fingerprint density at radius 1 is 0.889 bits per heavy atom. The van der Waals surface area contributed by atoms with Crippen LogP contribution in [0, 0.1) is 29.6 Å². The van der Waals surface area contributed by atoms with Gasteiger partial charge in [-0.3, -0.25) is 24.0 Å². The van der Waals surface area contributed by atoms with Crippen molar-refractivity contribution in [3.05, 3.63) is 52.5 Å². The number of aromatic nitrogens is 1.